The number of hydrogen-bond donors (Lipinski definition) is 1. The molecule has 150 valence electrons. The summed E-state index contributed by atoms with van der Waals surface area (Å²) in [5.41, 5.74) is 3.77. The van der Waals surface area contributed by atoms with Crippen molar-refractivity contribution in [3.8, 4) is 5.75 Å². The summed E-state index contributed by atoms with van der Waals surface area (Å²) < 4.78 is 6.88. The van der Waals surface area contributed by atoms with Gasteiger partial charge in [-0.1, -0.05) is 22.0 Å². The van der Waals surface area contributed by atoms with Crippen LogP contribution in [0.2, 0.25) is 0 Å². The minimum absolute atomic E-state index is 0. The van der Waals surface area contributed by atoms with Gasteiger partial charge in [-0.25, -0.2) is 9.97 Å². The molecule has 2 aromatic heterocycles. The van der Waals surface area contributed by atoms with E-state index in [0.717, 1.165) is 43.9 Å². The highest BCUT2D eigenvalue weighted by molar-refractivity contribution is 9.10. The van der Waals surface area contributed by atoms with Crippen molar-refractivity contribution in [1.29, 1.82) is 0 Å². The average molecular weight is 494 g/mol. The van der Waals surface area contributed by atoms with Crippen molar-refractivity contribution in [1.82, 2.24) is 15.0 Å². The van der Waals surface area contributed by atoms with Gasteiger partial charge in [-0.05, 0) is 61.0 Å². The van der Waals surface area contributed by atoms with E-state index in [1.54, 1.807) is 12.5 Å². The summed E-state index contributed by atoms with van der Waals surface area (Å²) in [4.78, 5) is 13.0. The summed E-state index contributed by atoms with van der Waals surface area (Å²) >= 11 is 3.50. The van der Waals surface area contributed by atoms with E-state index in [4.69, 9.17) is 4.74 Å². The zero-order valence-electron chi connectivity index (χ0n) is 15.5. The van der Waals surface area contributed by atoms with Crippen LogP contribution in [0.15, 0.2) is 71.6 Å². The van der Waals surface area contributed by atoms with Crippen LogP contribution in [0.3, 0.4) is 0 Å². The van der Waals surface area contributed by atoms with E-state index in [1.165, 1.54) is 0 Å². The predicted octanol–water partition coefficient (Wildman–Crippen LogP) is 6.26. The van der Waals surface area contributed by atoms with E-state index in [-0.39, 0.29) is 24.8 Å². The molecule has 2 aromatic carbocycles. The van der Waals surface area contributed by atoms with Gasteiger partial charge in [0, 0.05) is 21.7 Å². The van der Waals surface area contributed by atoms with E-state index >= 15 is 0 Å². The molecule has 0 unspecified atom stereocenters. The Bertz CT molecular complexity index is 1100. The number of pyridine rings is 1. The molecule has 0 spiro atoms. The van der Waals surface area contributed by atoms with Gasteiger partial charge in [-0.2, -0.15) is 0 Å². The number of aromatic nitrogens is 3. The highest BCUT2D eigenvalue weighted by Crippen LogP contribution is 2.28. The van der Waals surface area contributed by atoms with Crippen LogP contribution in [0.25, 0.3) is 10.9 Å². The van der Waals surface area contributed by atoms with E-state index in [2.05, 4.69) is 36.2 Å². The standard InChI is InChI=1S/C21H17BrN4O.2ClH/c1-14-10-16(6-8-20(14)27-12-17-4-2-3-9-23-17)26-21-18-11-15(22)5-7-19(18)24-13-25-21;;/h2-11,13H,12H2,1H3,(H,24,25,26);2*1H. The van der Waals surface area contributed by atoms with Crippen LogP contribution < -0.4 is 10.1 Å². The molecule has 4 aromatic rings. The molecule has 2 heterocycles. The summed E-state index contributed by atoms with van der Waals surface area (Å²) in [6.07, 6.45) is 3.33. The number of fused-ring (bicyclic) bond motifs is 1. The first-order chi connectivity index (χ1) is 13.2. The number of hydrogen-bond acceptors (Lipinski definition) is 5. The molecule has 0 fully saturated rings. The van der Waals surface area contributed by atoms with Crippen LogP contribution in [-0.2, 0) is 6.61 Å². The molecule has 29 heavy (non-hydrogen) atoms. The maximum atomic E-state index is 5.89. The van der Waals surface area contributed by atoms with E-state index < -0.39 is 0 Å². The lowest BCUT2D eigenvalue weighted by Gasteiger charge is -2.12. The molecule has 1 N–H and O–H groups in total. The van der Waals surface area contributed by atoms with Crippen molar-refractivity contribution < 1.29 is 4.74 Å². The van der Waals surface area contributed by atoms with Crippen LogP contribution in [0.4, 0.5) is 11.5 Å². The smallest absolute Gasteiger partial charge is 0.141 e. The van der Waals surface area contributed by atoms with Crippen LogP contribution in [0.5, 0.6) is 5.75 Å². The summed E-state index contributed by atoms with van der Waals surface area (Å²) in [6, 6.07) is 17.7. The maximum absolute atomic E-state index is 5.89. The predicted molar refractivity (Wildman–Crippen MR) is 125 cm³/mol. The normalized spacial score (nSPS) is 10.0. The number of ether oxygens (including phenoxy) is 1. The third-order valence-electron chi connectivity index (χ3n) is 4.14. The fourth-order valence-corrected chi connectivity index (χ4v) is 3.15. The number of rotatable bonds is 5. The summed E-state index contributed by atoms with van der Waals surface area (Å²) in [6.45, 7) is 2.46. The Morgan fingerprint density at radius 3 is 2.59 bits per heavy atom. The Labute approximate surface area is 189 Å². The van der Waals surface area contributed by atoms with Gasteiger partial charge < -0.3 is 10.1 Å². The molecule has 4 rings (SSSR count). The van der Waals surface area contributed by atoms with Gasteiger partial charge in [0.1, 0.15) is 24.5 Å². The van der Waals surface area contributed by atoms with Gasteiger partial charge in [0.05, 0.1) is 11.2 Å². The minimum atomic E-state index is 0. The second kappa shape index (κ2) is 10.4. The van der Waals surface area contributed by atoms with Crippen LogP contribution >= 0.6 is 40.7 Å². The maximum Gasteiger partial charge on any atom is 0.141 e. The largest absolute Gasteiger partial charge is 0.487 e. The molecule has 0 saturated heterocycles. The zero-order valence-corrected chi connectivity index (χ0v) is 18.7. The van der Waals surface area contributed by atoms with Crippen molar-refractivity contribution in [3.05, 3.63) is 82.9 Å². The van der Waals surface area contributed by atoms with E-state index in [9.17, 15) is 0 Å². The first-order valence-corrected chi connectivity index (χ1v) is 9.29. The molecule has 0 saturated carbocycles. The minimum Gasteiger partial charge on any atom is -0.487 e. The Hall–Kier alpha value is -2.41. The van der Waals surface area contributed by atoms with Crippen LogP contribution in [0.1, 0.15) is 11.3 Å². The molecule has 8 heteroatoms. The lowest BCUT2D eigenvalue weighted by molar-refractivity contribution is 0.299. The van der Waals surface area contributed by atoms with E-state index in [0.29, 0.717) is 6.61 Å². The van der Waals surface area contributed by atoms with Crippen LogP contribution in [0, 0.1) is 6.92 Å². The zero-order chi connectivity index (χ0) is 18.6. The molecule has 0 aliphatic rings. The second-order valence-corrected chi connectivity index (χ2v) is 7.01. The Kier molecular flexibility index (Phi) is 8.20. The molecule has 0 atom stereocenters. The molecule has 0 amide bonds. The van der Waals surface area contributed by atoms with Gasteiger partial charge in [-0.3, -0.25) is 4.98 Å². The van der Waals surface area contributed by atoms with Crippen molar-refractivity contribution >= 4 is 63.2 Å². The topological polar surface area (TPSA) is 59.9 Å². The molecule has 0 bridgehead atoms. The average Bonchev–Trinajstić information content (AvgIpc) is 2.69. The number of nitrogens with one attached hydrogen (secondary N) is 1. The van der Waals surface area contributed by atoms with Crippen molar-refractivity contribution in [2.45, 2.75) is 13.5 Å². The van der Waals surface area contributed by atoms with Gasteiger partial charge in [0.2, 0.25) is 0 Å². The van der Waals surface area contributed by atoms with Gasteiger partial charge in [0.15, 0.2) is 0 Å². The number of anilines is 2. The van der Waals surface area contributed by atoms with Crippen molar-refractivity contribution in [2.24, 2.45) is 0 Å². The Balaban J connectivity index is 0.00000150. The number of nitrogens with zero attached hydrogens (tertiary/aromatic N) is 3. The van der Waals surface area contributed by atoms with E-state index in [1.807, 2.05) is 61.5 Å². The third kappa shape index (κ3) is 5.56. The molecular weight excluding hydrogens is 475 g/mol. The summed E-state index contributed by atoms with van der Waals surface area (Å²) in [5, 5.41) is 4.33. The van der Waals surface area contributed by atoms with Crippen molar-refractivity contribution in [2.75, 3.05) is 5.32 Å². The van der Waals surface area contributed by atoms with Gasteiger partial charge >= 0.3 is 0 Å². The van der Waals surface area contributed by atoms with Crippen LogP contribution in [-0.4, -0.2) is 15.0 Å². The first-order valence-electron chi connectivity index (χ1n) is 8.50. The van der Waals surface area contributed by atoms with Crippen molar-refractivity contribution in [3.63, 3.8) is 0 Å². The third-order valence-corrected chi connectivity index (χ3v) is 4.63. The lowest BCUT2D eigenvalue weighted by Crippen LogP contribution is -2.00. The summed E-state index contributed by atoms with van der Waals surface area (Å²) in [7, 11) is 0. The molecule has 0 aliphatic carbocycles. The lowest BCUT2D eigenvalue weighted by atomic mass is 10.2. The fourth-order valence-electron chi connectivity index (χ4n) is 2.79. The highest BCUT2D eigenvalue weighted by atomic mass is 79.9. The number of benzene rings is 2. The Morgan fingerprint density at radius 2 is 1.83 bits per heavy atom. The monoisotopic (exact) mass is 492 g/mol. The van der Waals surface area contributed by atoms with Gasteiger partial charge in [0.25, 0.3) is 0 Å². The molecule has 0 radical (unpaired) electrons. The number of halogens is 3. The summed E-state index contributed by atoms with van der Waals surface area (Å²) in [5.74, 6) is 1.60. The molecular formula is C21H19BrCl2N4O. The SMILES string of the molecule is Cc1cc(Nc2ncnc3ccc(Br)cc23)ccc1OCc1ccccn1.Cl.Cl. The molecule has 5 nitrogen and oxygen atoms in total. The first kappa shape index (κ1) is 22.9. The van der Waals surface area contributed by atoms with Gasteiger partial charge in [-0.15, -0.1) is 24.8 Å². The number of aryl methyl sites for hydroxylation is 1. The second-order valence-electron chi connectivity index (χ2n) is 6.10. The molecule has 0 aliphatic heterocycles. The highest BCUT2D eigenvalue weighted by Gasteiger charge is 2.07. The quantitative estimate of drug-likeness (QED) is 0.355. The Morgan fingerprint density at radius 1 is 0.966 bits per heavy atom. The fraction of sp³-hybridized carbons (Fsp3) is 0.0952.